The van der Waals surface area contributed by atoms with Gasteiger partial charge in [0.2, 0.25) is 0 Å². The molecule has 2 aromatic heterocycles. The van der Waals surface area contributed by atoms with Crippen LogP contribution >= 0.6 is 38.9 Å². The predicted molar refractivity (Wildman–Crippen MR) is 89.9 cm³/mol. The van der Waals surface area contributed by atoms with Gasteiger partial charge >= 0.3 is 0 Å². The monoisotopic (exact) mass is 375 g/mol. The third kappa shape index (κ3) is 3.11. The van der Waals surface area contributed by atoms with Gasteiger partial charge in [-0.2, -0.15) is 5.10 Å². The van der Waals surface area contributed by atoms with Gasteiger partial charge in [0.25, 0.3) is 0 Å². The topological polar surface area (TPSA) is 29.9 Å². The molecule has 20 heavy (non-hydrogen) atoms. The van der Waals surface area contributed by atoms with Crippen LogP contribution in [-0.2, 0) is 19.9 Å². The van der Waals surface area contributed by atoms with E-state index in [1.807, 2.05) is 18.8 Å². The third-order valence-electron chi connectivity index (χ3n) is 3.47. The molecular formula is C14H19BrClN3S. The molecule has 2 rings (SSSR count). The minimum atomic E-state index is 0.252. The molecule has 0 spiro atoms. The fraction of sp³-hybridized carbons (Fsp3) is 0.500. The number of nitrogens with zero attached hydrogens (tertiary/aromatic N) is 2. The van der Waals surface area contributed by atoms with Crippen LogP contribution in [0.1, 0.15) is 34.8 Å². The van der Waals surface area contributed by atoms with Crippen LogP contribution in [0.25, 0.3) is 0 Å². The van der Waals surface area contributed by atoms with Crippen molar-refractivity contribution in [2.45, 2.75) is 32.7 Å². The number of hydrogen-bond acceptors (Lipinski definition) is 3. The Labute approximate surface area is 137 Å². The van der Waals surface area contributed by atoms with Gasteiger partial charge in [0.15, 0.2) is 0 Å². The molecule has 0 saturated carbocycles. The molecule has 0 bridgehead atoms. The SMILES string of the molecule is CCc1nn(C)c(CC(NC)c2cc(C)c(Br)s2)c1Cl. The molecule has 0 radical (unpaired) electrons. The summed E-state index contributed by atoms with van der Waals surface area (Å²) in [5.74, 6) is 0. The number of halogens is 2. The Hall–Kier alpha value is -0.360. The zero-order valence-corrected chi connectivity index (χ0v) is 15.3. The Bertz CT molecular complexity index is 586. The smallest absolute Gasteiger partial charge is 0.0850 e. The van der Waals surface area contributed by atoms with Crippen LogP contribution in [0, 0.1) is 6.92 Å². The molecule has 1 atom stereocenters. The molecular weight excluding hydrogens is 358 g/mol. The number of likely N-dealkylation sites (N-methyl/N-ethyl adjacent to an activating group) is 1. The van der Waals surface area contributed by atoms with Crippen molar-refractivity contribution >= 4 is 38.9 Å². The highest BCUT2D eigenvalue weighted by molar-refractivity contribution is 9.11. The van der Waals surface area contributed by atoms with Crippen molar-refractivity contribution < 1.29 is 0 Å². The summed E-state index contributed by atoms with van der Waals surface area (Å²) in [6, 6.07) is 2.48. The maximum atomic E-state index is 6.44. The van der Waals surface area contributed by atoms with E-state index < -0.39 is 0 Å². The Kier molecular flexibility index (Phi) is 5.29. The summed E-state index contributed by atoms with van der Waals surface area (Å²) in [6.07, 6.45) is 1.70. The first kappa shape index (κ1) is 16.0. The molecule has 0 aliphatic rings. The summed E-state index contributed by atoms with van der Waals surface area (Å²) in [7, 11) is 3.95. The average Bonchev–Trinajstić information content (AvgIpc) is 2.88. The summed E-state index contributed by atoms with van der Waals surface area (Å²) in [5, 5.41) is 8.67. The van der Waals surface area contributed by atoms with Crippen molar-refractivity contribution in [1.29, 1.82) is 0 Å². The maximum Gasteiger partial charge on any atom is 0.0850 e. The second kappa shape index (κ2) is 6.60. The Balaban J connectivity index is 2.29. The molecule has 3 nitrogen and oxygen atoms in total. The first-order valence-electron chi connectivity index (χ1n) is 6.61. The van der Waals surface area contributed by atoms with E-state index in [1.54, 1.807) is 11.3 Å². The fourth-order valence-corrected chi connectivity index (χ4v) is 4.29. The summed E-state index contributed by atoms with van der Waals surface area (Å²) < 4.78 is 3.10. The summed E-state index contributed by atoms with van der Waals surface area (Å²) in [5.41, 5.74) is 3.34. The van der Waals surface area contributed by atoms with Crippen molar-refractivity contribution in [3.05, 3.63) is 36.7 Å². The average molecular weight is 377 g/mol. The molecule has 1 N–H and O–H groups in total. The van der Waals surface area contributed by atoms with Crippen molar-refractivity contribution in [2.24, 2.45) is 7.05 Å². The van der Waals surface area contributed by atoms with E-state index >= 15 is 0 Å². The summed E-state index contributed by atoms with van der Waals surface area (Å²) in [4.78, 5) is 1.31. The first-order chi connectivity index (χ1) is 9.47. The molecule has 0 amide bonds. The molecule has 110 valence electrons. The Morgan fingerprint density at radius 2 is 2.25 bits per heavy atom. The van der Waals surface area contributed by atoms with Gasteiger partial charge in [-0.3, -0.25) is 4.68 Å². The fourth-order valence-electron chi connectivity index (χ4n) is 2.24. The maximum absolute atomic E-state index is 6.44. The van der Waals surface area contributed by atoms with Gasteiger partial charge in [-0.1, -0.05) is 18.5 Å². The normalized spacial score (nSPS) is 12.9. The second-order valence-corrected chi connectivity index (χ2v) is 7.62. The standard InChI is InChI=1S/C14H19BrClN3S/c1-5-9-13(16)11(19(4)18-9)7-10(17-3)12-6-8(2)14(15)20-12/h6,10,17H,5,7H2,1-4H3. The summed E-state index contributed by atoms with van der Waals surface area (Å²) in [6.45, 7) is 4.19. The van der Waals surface area contributed by atoms with Crippen LogP contribution < -0.4 is 5.32 Å². The van der Waals surface area contributed by atoms with Gasteiger partial charge in [-0.05, 0) is 48.0 Å². The number of rotatable bonds is 5. The van der Waals surface area contributed by atoms with Crippen LogP contribution in [0.15, 0.2) is 9.85 Å². The van der Waals surface area contributed by atoms with Crippen molar-refractivity contribution in [1.82, 2.24) is 15.1 Å². The minimum Gasteiger partial charge on any atom is -0.312 e. The van der Waals surface area contributed by atoms with E-state index in [1.165, 1.54) is 14.2 Å². The molecule has 0 fully saturated rings. The van der Waals surface area contributed by atoms with Gasteiger partial charge in [0.1, 0.15) is 0 Å². The molecule has 0 aliphatic carbocycles. The second-order valence-electron chi connectivity index (χ2n) is 4.84. The third-order valence-corrected chi connectivity index (χ3v) is 6.16. The zero-order valence-electron chi connectivity index (χ0n) is 12.1. The predicted octanol–water partition coefficient (Wildman–Crippen LogP) is 4.27. The number of nitrogens with one attached hydrogen (secondary N) is 1. The highest BCUT2D eigenvalue weighted by atomic mass is 79.9. The van der Waals surface area contributed by atoms with Crippen LogP contribution in [-0.4, -0.2) is 16.8 Å². The van der Waals surface area contributed by atoms with E-state index in [9.17, 15) is 0 Å². The number of thiophene rings is 1. The highest BCUT2D eigenvalue weighted by Gasteiger charge is 2.20. The molecule has 6 heteroatoms. The lowest BCUT2D eigenvalue weighted by atomic mass is 10.1. The van der Waals surface area contributed by atoms with Crippen molar-refractivity contribution in [3.8, 4) is 0 Å². The van der Waals surface area contributed by atoms with E-state index in [0.29, 0.717) is 0 Å². The molecule has 2 aromatic rings. The minimum absolute atomic E-state index is 0.252. The molecule has 0 saturated heterocycles. The van der Waals surface area contributed by atoms with Crippen LogP contribution in [0.2, 0.25) is 5.02 Å². The van der Waals surface area contributed by atoms with Crippen molar-refractivity contribution in [2.75, 3.05) is 7.05 Å². The molecule has 0 aliphatic heterocycles. The lowest BCUT2D eigenvalue weighted by molar-refractivity contribution is 0.569. The van der Waals surface area contributed by atoms with Gasteiger partial charge in [-0.25, -0.2) is 0 Å². The van der Waals surface area contributed by atoms with Crippen molar-refractivity contribution in [3.63, 3.8) is 0 Å². The zero-order chi connectivity index (χ0) is 14.9. The van der Waals surface area contributed by atoms with Gasteiger partial charge < -0.3 is 5.32 Å². The van der Waals surface area contributed by atoms with E-state index in [2.05, 4.69) is 46.3 Å². The Morgan fingerprint density at radius 3 is 2.70 bits per heavy atom. The number of hydrogen-bond donors (Lipinski definition) is 1. The number of aryl methyl sites for hydroxylation is 3. The van der Waals surface area contributed by atoms with Gasteiger partial charge in [-0.15, -0.1) is 11.3 Å². The number of aromatic nitrogens is 2. The molecule has 0 aromatic carbocycles. The molecule has 1 unspecified atom stereocenters. The van der Waals surface area contributed by atoms with E-state index in [0.717, 1.165) is 29.3 Å². The van der Waals surface area contributed by atoms with Crippen LogP contribution in [0.4, 0.5) is 0 Å². The Morgan fingerprint density at radius 1 is 1.55 bits per heavy atom. The lowest BCUT2D eigenvalue weighted by Gasteiger charge is -2.15. The largest absolute Gasteiger partial charge is 0.312 e. The molecule has 2 heterocycles. The quantitative estimate of drug-likeness (QED) is 0.844. The summed E-state index contributed by atoms with van der Waals surface area (Å²) >= 11 is 11.8. The first-order valence-corrected chi connectivity index (χ1v) is 8.60. The highest BCUT2D eigenvalue weighted by Crippen LogP contribution is 2.34. The van der Waals surface area contributed by atoms with Crippen LogP contribution in [0.5, 0.6) is 0 Å². The van der Waals surface area contributed by atoms with E-state index in [4.69, 9.17) is 11.6 Å². The van der Waals surface area contributed by atoms with Gasteiger partial charge in [0, 0.05) is 24.4 Å². The lowest BCUT2D eigenvalue weighted by Crippen LogP contribution is -2.19. The van der Waals surface area contributed by atoms with Crippen LogP contribution in [0.3, 0.4) is 0 Å². The van der Waals surface area contributed by atoms with Gasteiger partial charge in [0.05, 0.1) is 20.2 Å². The van der Waals surface area contributed by atoms with E-state index in [-0.39, 0.29) is 6.04 Å².